The maximum atomic E-state index is 6.04. The van der Waals surface area contributed by atoms with Crippen molar-refractivity contribution in [3.63, 3.8) is 0 Å². The number of aromatic nitrogens is 1. The molecule has 0 bridgehead atoms. The predicted molar refractivity (Wildman–Crippen MR) is 81.7 cm³/mol. The average Bonchev–Trinajstić information content (AvgIpc) is 2.87. The third-order valence-corrected chi connectivity index (χ3v) is 3.63. The Labute approximate surface area is 116 Å². The predicted octanol–water partition coefficient (Wildman–Crippen LogP) is 4.96. The van der Waals surface area contributed by atoms with Crippen molar-refractivity contribution in [2.45, 2.75) is 6.92 Å². The van der Waals surface area contributed by atoms with E-state index in [1.807, 2.05) is 37.4 Å². The van der Waals surface area contributed by atoms with Crippen LogP contribution in [0.25, 0.3) is 33.1 Å². The van der Waals surface area contributed by atoms with Gasteiger partial charge in [0.1, 0.15) is 11.2 Å². The van der Waals surface area contributed by atoms with E-state index in [1.165, 1.54) is 0 Å². The molecule has 4 aromatic rings. The molecule has 0 saturated heterocycles. The van der Waals surface area contributed by atoms with Crippen molar-refractivity contribution in [2.24, 2.45) is 0 Å². The Hall–Kier alpha value is -2.61. The number of rotatable bonds is 1. The molecule has 0 radical (unpaired) electrons. The van der Waals surface area contributed by atoms with Crippen LogP contribution in [0.5, 0.6) is 0 Å². The first-order valence-electron chi connectivity index (χ1n) is 6.66. The largest absolute Gasteiger partial charge is 0.455 e. The quantitative estimate of drug-likeness (QED) is 0.483. The number of para-hydroxylation sites is 2. The second-order valence-corrected chi connectivity index (χ2v) is 4.97. The summed E-state index contributed by atoms with van der Waals surface area (Å²) in [6.45, 7) is 1.99. The zero-order chi connectivity index (χ0) is 13.5. The Morgan fingerprint density at radius 3 is 2.55 bits per heavy atom. The van der Waals surface area contributed by atoms with Crippen LogP contribution in [0.1, 0.15) is 5.69 Å². The first kappa shape index (κ1) is 11.2. The number of furan rings is 1. The fourth-order valence-electron chi connectivity index (χ4n) is 2.60. The molecule has 0 aliphatic carbocycles. The van der Waals surface area contributed by atoms with Gasteiger partial charge >= 0.3 is 0 Å². The molecular weight excluding hydrogens is 246 g/mol. The van der Waals surface area contributed by atoms with Crippen molar-refractivity contribution in [3.05, 3.63) is 66.5 Å². The van der Waals surface area contributed by atoms with E-state index in [-0.39, 0.29) is 0 Å². The topological polar surface area (TPSA) is 26.0 Å². The summed E-state index contributed by atoms with van der Waals surface area (Å²) in [5.74, 6) is 0. The summed E-state index contributed by atoms with van der Waals surface area (Å²) in [5.41, 5.74) is 5.05. The maximum Gasteiger partial charge on any atom is 0.143 e. The van der Waals surface area contributed by atoms with Gasteiger partial charge in [-0.3, -0.25) is 4.98 Å². The number of hydrogen-bond acceptors (Lipinski definition) is 2. The highest BCUT2D eigenvalue weighted by Crippen LogP contribution is 2.35. The SMILES string of the molecule is Cc1ccc(-c2cccc3c2oc2ccccc23)cn1. The van der Waals surface area contributed by atoms with Gasteiger partial charge in [0, 0.05) is 33.8 Å². The van der Waals surface area contributed by atoms with Gasteiger partial charge in [-0.1, -0.05) is 42.5 Å². The summed E-state index contributed by atoms with van der Waals surface area (Å²) in [5, 5.41) is 2.31. The second kappa shape index (κ2) is 4.20. The molecule has 2 aromatic carbocycles. The number of hydrogen-bond donors (Lipinski definition) is 0. The number of pyridine rings is 1. The molecule has 96 valence electrons. The molecule has 0 saturated carbocycles. The van der Waals surface area contributed by atoms with E-state index in [9.17, 15) is 0 Å². The molecule has 0 unspecified atom stereocenters. The maximum absolute atomic E-state index is 6.04. The van der Waals surface area contributed by atoms with Gasteiger partial charge in [0.2, 0.25) is 0 Å². The molecule has 2 nitrogen and oxygen atoms in total. The molecular formula is C18H13NO. The lowest BCUT2D eigenvalue weighted by Crippen LogP contribution is -1.83. The summed E-state index contributed by atoms with van der Waals surface area (Å²) >= 11 is 0. The van der Waals surface area contributed by atoms with Crippen molar-refractivity contribution >= 4 is 21.9 Å². The van der Waals surface area contributed by atoms with Crippen LogP contribution in [0, 0.1) is 6.92 Å². The minimum Gasteiger partial charge on any atom is -0.455 e. The molecule has 20 heavy (non-hydrogen) atoms. The molecule has 2 heteroatoms. The van der Waals surface area contributed by atoms with Gasteiger partial charge in [-0.25, -0.2) is 0 Å². The molecule has 0 amide bonds. The third-order valence-electron chi connectivity index (χ3n) is 3.63. The molecule has 0 aliphatic rings. The molecule has 0 spiro atoms. The summed E-state index contributed by atoms with van der Waals surface area (Å²) in [6.07, 6.45) is 1.90. The Morgan fingerprint density at radius 2 is 1.70 bits per heavy atom. The van der Waals surface area contributed by atoms with Crippen LogP contribution in [0.4, 0.5) is 0 Å². The van der Waals surface area contributed by atoms with E-state index in [4.69, 9.17) is 4.42 Å². The Morgan fingerprint density at radius 1 is 0.850 bits per heavy atom. The lowest BCUT2D eigenvalue weighted by atomic mass is 10.0. The standard InChI is InChI=1S/C18H13NO/c1-12-9-10-13(11-19-12)14-6-4-7-16-15-5-2-3-8-17(15)20-18(14)16/h2-11H,1H3. The molecule has 0 aliphatic heterocycles. The van der Waals surface area contributed by atoms with Gasteiger partial charge in [0.05, 0.1) is 0 Å². The minimum atomic E-state index is 0.926. The summed E-state index contributed by atoms with van der Waals surface area (Å²) in [7, 11) is 0. The molecule has 0 fully saturated rings. The summed E-state index contributed by atoms with van der Waals surface area (Å²) < 4.78 is 6.04. The number of benzene rings is 2. The normalized spacial score (nSPS) is 11.2. The van der Waals surface area contributed by atoms with Crippen LogP contribution >= 0.6 is 0 Å². The van der Waals surface area contributed by atoms with Crippen LogP contribution in [0.2, 0.25) is 0 Å². The van der Waals surface area contributed by atoms with Crippen molar-refractivity contribution in [2.75, 3.05) is 0 Å². The number of fused-ring (bicyclic) bond motifs is 3. The Kier molecular flexibility index (Phi) is 2.36. The van der Waals surface area contributed by atoms with Gasteiger partial charge in [-0.05, 0) is 19.1 Å². The number of aryl methyl sites for hydroxylation is 1. The van der Waals surface area contributed by atoms with Crippen molar-refractivity contribution in [3.8, 4) is 11.1 Å². The molecule has 0 atom stereocenters. The fourth-order valence-corrected chi connectivity index (χ4v) is 2.60. The smallest absolute Gasteiger partial charge is 0.143 e. The van der Waals surface area contributed by atoms with Gasteiger partial charge in [0.15, 0.2) is 0 Å². The van der Waals surface area contributed by atoms with E-state index in [1.54, 1.807) is 0 Å². The van der Waals surface area contributed by atoms with Crippen LogP contribution < -0.4 is 0 Å². The third kappa shape index (κ3) is 1.62. The van der Waals surface area contributed by atoms with Crippen molar-refractivity contribution in [1.82, 2.24) is 4.98 Å². The molecule has 2 aromatic heterocycles. The number of nitrogens with zero attached hydrogens (tertiary/aromatic N) is 1. The lowest BCUT2D eigenvalue weighted by molar-refractivity contribution is 0.670. The second-order valence-electron chi connectivity index (χ2n) is 4.97. The van der Waals surface area contributed by atoms with E-state index < -0.39 is 0 Å². The van der Waals surface area contributed by atoms with Gasteiger partial charge in [0.25, 0.3) is 0 Å². The monoisotopic (exact) mass is 259 g/mol. The average molecular weight is 259 g/mol. The van der Waals surface area contributed by atoms with E-state index in [0.717, 1.165) is 38.8 Å². The Balaban J connectivity index is 2.07. The zero-order valence-electron chi connectivity index (χ0n) is 11.1. The first-order valence-corrected chi connectivity index (χ1v) is 6.66. The zero-order valence-corrected chi connectivity index (χ0v) is 11.1. The van der Waals surface area contributed by atoms with Gasteiger partial charge in [-0.15, -0.1) is 0 Å². The van der Waals surface area contributed by atoms with Gasteiger partial charge < -0.3 is 4.42 Å². The highest BCUT2D eigenvalue weighted by atomic mass is 16.3. The van der Waals surface area contributed by atoms with Crippen LogP contribution in [0.3, 0.4) is 0 Å². The Bertz CT molecular complexity index is 904. The van der Waals surface area contributed by atoms with E-state index in [0.29, 0.717) is 0 Å². The van der Waals surface area contributed by atoms with E-state index >= 15 is 0 Å². The fraction of sp³-hybridized carbons (Fsp3) is 0.0556. The van der Waals surface area contributed by atoms with Crippen LogP contribution in [0.15, 0.2) is 65.2 Å². The molecule has 0 N–H and O–H groups in total. The van der Waals surface area contributed by atoms with Crippen molar-refractivity contribution < 1.29 is 4.42 Å². The van der Waals surface area contributed by atoms with E-state index in [2.05, 4.69) is 35.3 Å². The minimum absolute atomic E-state index is 0.926. The van der Waals surface area contributed by atoms with Crippen molar-refractivity contribution in [1.29, 1.82) is 0 Å². The van der Waals surface area contributed by atoms with Crippen LogP contribution in [-0.4, -0.2) is 4.98 Å². The first-order chi connectivity index (χ1) is 9.83. The molecule has 2 heterocycles. The summed E-state index contributed by atoms with van der Waals surface area (Å²) in [6, 6.07) is 18.5. The highest BCUT2D eigenvalue weighted by molar-refractivity contribution is 6.09. The molecule has 4 rings (SSSR count). The lowest BCUT2D eigenvalue weighted by Gasteiger charge is -2.02. The van der Waals surface area contributed by atoms with Crippen LogP contribution in [-0.2, 0) is 0 Å². The highest BCUT2D eigenvalue weighted by Gasteiger charge is 2.11. The summed E-state index contributed by atoms with van der Waals surface area (Å²) in [4.78, 5) is 4.37. The van der Waals surface area contributed by atoms with Gasteiger partial charge in [-0.2, -0.15) is 0 Å².